The first-order valence-corrected chi connectivity index (χ1v) is 12.6. The van der Waals surface area contributed by atoms with Crippen molar-refractivity contribution in [3.8, 4) is 11.4 Å². The third-order valence-corrected chi connectivity index (χ3v) is 7.89. The van der Waals surface area contributed by atoms with Gasteiger partial charge < -0.3 is 0 Å². The number of aryl methyl sites for hydroxylation is 2. The molecule has 1 aliphatic rings. The van der Waals surface area contributed by atoms with Gasteiger partial charge in [-0.25, -0.2) is 22.0 Å². The summed E-state index contributed by atoms with van der Waals surface area (Å²) < 4.78 is 43.9. The van der Waals surface area contributed by atoms with Crippen molar-refractivity contribution in [3.05, 3.63) is 70.5 Å². The van der Waals surface area contributed by atoms with Gasteiger partial charge in [0, 0.05) is 18.3 Å². The van der Waals surface area contributed by atoms with Crippen LogP contribution in [0.3, 0.4) is 0 Å². The van der Waals surface area contributed by atoms with Crippen molar-refractivity contribution in [1.29, 1.82) is 0 Å². The number of thiazole rings is 1. The fourth-order valence-electron chi connectivity index (χ4n) is 3.93. The summed E-state index contributed by atoms with van der Waals surface area (Å²) in [6.45, 7) is 0.236. The van der Waals surface area contributed by atoms with E-state index in [0.29, 0.717) is 27.7 Å². The van der Waals surface area contributed by atoms with Gasteiger partial charge in [-0.15, -0.1) is 16.4 Å². The summed E-state index contributed by atoms with van der Waals surface area (Å²) in [5, 5.41) is 6.32. The third-order valence-electron chi connectivity index (χ3n) is 5.57. The largest absolute Gasteiger partial charge is 0.240 e. The molecule has 31 heavy (non-hydrogen) atoms. The van der Waals surface area contributed by atoms with Crippen molar-refractivity contribution >= 4 is 26.3 Å². The van der Waals surface area contributed by atoms with Gasteiger partial charge in [0.2, 0.25) is 15.0 Å². The van der Waals surface area contributed by atoms with Crippen LogP contribution in [0.2, 0.25) is 0 Å². The predicted molar refractivity (Wildman–Crippen MR) is 118 cm³/mol. The molecule has 1 aliphatic carbocycles. The highest BCUT2D eigenvalue weighted by Gasteiger charge is 2.18. The Balaban J connectivity index is 1.30. The van der Waals surface area contributed by atoms with Gasteiger partial charge >= 0.3 is 0 Å². The van der Waals surface area contributed by atoms with Gasteiger partial charge in [-0.2, -0.15) is 4.98 Å². The number of aromatic nitrogens is 3. The molecule has 1 N–H and O–H groups in total. The Labute approximate surface area is 183 Å². The molecule has 4 aromatic rings. The number of halogens is 1. The topological polar surface area (TPSA) is 76.4 Å². The first-order chi connectivity index (χ1) is 15.0. The average Bonchev–Trinajstić information content (AvgIpc) is 3.35. The second kappa shape index (κ2) is 8.14. The van der Waals surface area contributed by atoms with Crippen LogP contribution in [0.25, 0.3) is 16.3 Å². The molecule has 0 spiro atoms. The molecule has 2 aromatic carbocycles. The molecule has 0 saturated carbocycles. The normalized spacial score (nSPS) is 14.1. The Morgan fingerprint density at radius 3 is 2.74 bits per heavy atom. The van der Waals surface area contributed by atoms with E-state index in [-0.39, 0.29) is 12.4 Å². The maximum Gasteiger partial charge on any atom is 0.240 e. The first kappa shape index (κ1) is 20.3. The molecule has 0 fully saturated rings. The Morgan fingerprint density at radius 1 is 1.10 bits per heavy atom. The van der Waals surface area contributed by atoms with Crippen LogP contribution in [0, 0.1) is 5.82 Å². The van der Waals surface area contributed by atoms with E-state index in [1.165, 1.54) is 23.0 Å². The van der Waals surface area contributed by atoms with Crippen LogP contribution >= 0.6 is 11.3 Å². The van der Waals surface area contributed by atoms with Crippen LogP contribution in [0.1, 0.15) is 29.7 Å². The van der Waals surface area contributed by atoms with Crippen molar-refractivity contribution in [3.63, 3.8) is 0 Å². The van der Waals surface area contributed by atoms with Crippen molar-refractivity contribution in [1.82, 2.24) is 19.3 Å². The number of hydrogen-bond donors (Lipinski definition) is 1. The molecule has 0 amide bonds. The van der Waals surface area contributed by atoms with Crippen LogP contribution < -0.4 is 4.72 Å². The minimum Gasteiger partial charge on any atom is -0.211 e. The second-order valence-corrected chi connectivity index (χ2v) is 10.2. The lowest BCUT2D eigenvalue weighted by molar-refractivity contribution is 0.580. The van der Waals surface area contributed by atoms with E-state index in [9.17, 15) is 12.8 Å². The zero-order valence-electron chi connectivity index (χ0n) is 16.7. The molecule has 160 valence electrons. The summed E-state index contributed by atoms with van der Waals surface area (Å²) in [5.41, 5.74) is 3.56. The Kier molecular flexibility index (Phi) is 5.33. The Bertz CT molecular complexity index is 1360. The lowest BCUT2D eigenvalue weighted by atomic mass is 9.92. The molecule has 2 heterocycles. The Hall–Kier alpha value is -2.62. The van der Waals surface area contributed by atoms with Crippen LogP contribution in [0.4, 0.5) is 4.39 Å². The summed E-state index contributed by atoms with van der Waals surface area (Å²) in [6.07, 6.45) is 4.66. The number of fused-ring (bicyclic) bond motifs is 2. The van der Waals surface area contributed by atoms with Gasteiger partial charge in [-0.05, 0) is 61.1 Å². The van der Waals surface area contributed by atoms with Gasteiger partial charge in [-0.1, -0.05) is 18.2 Å². The highest BCUT2D eigenvalue weighted by atomic mass is 32.2. The zero-order chi connectivity index (χ0) is 21.4. The molecule has 5 rings (SSSR count). The number of nitrogens with one attached hydrogen (secondary N) is 1. The number of hydrogen-bond acceptors (Lipinski definition) is 5. The lowest BCUT2D eigenvalue weighted by Gasteiger charge is -2.16. The number of sulfonamides is 1. The van der Waals surface area contributed by atoms with E-state index in [2.05, 4.69) is 14.8 Å². The number of nitrogens with zero attached hydrogens (tertiary/aromatic N) is 3. The summed E-state index contributed by atoms with van der Waals surface area (Å²) >= 11 is 1.39. The molecule has 0 saturated heterocycles. The highest BCUT2D eigenvalue weighted by molar-refractivity contribution is 7.89. The third kappa shape index (κ3) is 4.00. The van der Waals surface area contributed by atoms with E-state index in [0.717, 1.165) is 36.9 Å². The molecule has 0 unspecified atom stereocenters. The van der Waals surface area contributed by atoms with Crippen LogP contribution in [-0.2, 0) is 29.3 Å². The molecule has 0 aliphatic heterocycles. The fourth-order valence-corrected chi connectivity index (χ4v) is 5.87. The van der Waals surface area contributed by atoms with E-state index in [4.69, 9.17) is 0 Å². The average molecular weight is 457 g/mol. The van der Waals surface area contributed by atoms with Crippen LogP contribution in [0.5, 0.6) is 0 Å². The molecule has 0 bridgehead atoms. The quantitative estimate of drug-likeness (QED) is 0.476. The maximum atomic E-state index is 14.0. The molecule has 0 radical (unpaired) electrons. The van der Waals surface area contributed by atoms with Gasteiger partial charge in [0.25, 0.3) is 0 Å². The van der Waals surface area contributed by atoms with Gasteiger partial charge in [-0.3, -0.25) is 0 Å². The van der Waals surface area contributed by atoms with E-state index >= 15 is 0 Å². The lowest BCUT2D eigenvalue weighted by Crippen LogP contribution is -2.26. The molecule has 0 atom stereocenters. The van der Waals surface area contributed by atoms with Crippen molar-refractivity contribution < 1.29 is 12.8 Å². The van der Waals surface area contributed by atoms with E-state index < -0.39 is 10.0 Å². The highest BCUT2D eigenvalue weighted by Crippen LogP contribution is 2.25. The SMILES string of the molecule is O=S(=O)(NCCc1csc2nc(-c3ccccc3F)nn12)c1ccc2c(c1)CCCC2. The van der Waals surface area contributed by atoms with Gasteiger partial charge in [0.15, 0.2) is 5.82 Å². The summed E-state index contributed by atoms with van der Waals surface area (Å²) in [5.74, 6) is -0.0547. The van der Waals surface area contributed by atoms with Crippen molar-refractivity contribution in [2.45, 2.75) is 37.0 Å². The molecular formula is C22H21FN4O2S2. The number of benzene rings is 2. The predicted octanol–water partition coefficient (Wildman–Crippen LogP) is 4.00. The van der Waals surface area contributed by atoms with Crippen molar-refractivity contribution in [2.75, 3.05) is 6.54 Å². The standard InChI is InChI=1S/C22H21FN4O2S2/c23-20-8-4-3-7-19(20)21-25-22-27(26-21)17(14-30-22)11-12-24-31(28,29)18-10-9-15-5-1-2-6-16(15)13-18/h3-4,7-10,13-14,24H,1-2,5-6,11-12H2. The Morgan fingerprint density at radius 2 is 1.90 bits per heavy atom. The van der Waals surface area contributed by atoms with E-state index in [1.54, 1.807) is 34.8 Å². The maximum absolute atomic E-state index is 14.0. The second-order valence-electron chi connectivity index (χ2n) is 7.62. The van der Waals surface area contributed by atoms with Gasteiger partial charge in [0.1, 0.15) is 5.82 Å². The van der Waals surface area contributed by atoms with Crippen molar-refractivity contribution in [2.24, 2.45) is 0 Å². The molecule has 2 aromatic heterocycles. The van der Waals surface area contributed by atoms with Crippen LogP contribution in [-0.4, -0.2) is 29.6 Å². The van der Waals surface area contributed by atoms with Gasteiger partial charge in [0.05, 0.1) is 16.2 Å². The minimum atomic E-state index is -3.59. The summed E-state index contributed by atoms with van der Waals surface area (Å²) in [6, 6.07) is 11.8. The smallest absolute Gasteiger partial charge is 0.211 e. The monoisotopic (exact) mass is 456 g/mol. The van der Waals surface area contributed by atoms with Crippen LogP contribution in [0.15, 0.2) is 52.7 Å². The molecule has 9 heteroatoms. The summed E-state index contributed by atoms with van der Waals surface area (Å²) in [4.78, 5) is 5.36. The number of rotatable bonds is 6. The first-order valence-electron chi connectivity index (χ1n) is 10.2. The molecular weight excluding hydrogens is 435 g/mol. The minimum absolute atomic E-state index is 0.236. The molecule has 6 nitrogen and oxygen atoms in total. The zero-order valence-corrected chi connectivity index (χ0v) is 18.3. The fraction of sp³-hybridized carbons (Fsp3) is 0.273. The van der Waals surface area contributed by atoms with E-state index in [1.807, 2.05) is 11.4 Å². The summed E-state index contributed by atoms with van der Waals surface area (Å²) in [7, 11) is -3.59.